The molecule has 1 atom stereocenters. The van der Waals surface area contributed by atoms with Crippen LogP contribution >= 0.6 is 22.9 Å². The van der Waals surface area contributed by atoms with Crippen LogP contribution in [0.5, 0.6) is 11.5 Å². The largest absolute Gasteiger partial charge is 0.485 e. The number of halogens is 1. The number of hydrogen-bond acceptors (Lipinski definition) is 5. The summed E-state index contributed by atoms with van der Waals surface area (Å²) >= 11 is 7.56. The Morgan fingerprint density at radius 3 is 2.67 bits per heavy atom. The minimum atomic E-state index is -0.751. The highest BCUT2D eigenvalue weighted by Crippen LogP contribution is 2.34. The van der Waals surface area contributed by atoms with Crippen LogP contribution in [0.3, 0.4) is 0 Å². The van der Waals surface area contributed by atoms with E-state index in [1.165, 1.54) is 11.3 Å². The molecule has 150 valence electrons. The van der Waals surface area contributed by atoms with E-state index in [-0.39, 0.29) is 12.5 Å². The van der Waals surface area contributed by atoms with Crippen molar-refractivity contribution in [1.82, 2.24) is 4.98 Å². The Bertz CT molecular complexity index is 1210. The smallest absolute Gasteiger partial charge is 0.273 e. The number of thiazole rings is 1. The molecule has 0 saturated heterocycles. The van der Waals surface area contributed by atoms with Gasteiger partial charge in [-0.15, -0.1) is 0 Å². The third-order valence-electron chi connectivity index (χ3n) is 4.80. The van der Waals surface area contributed by atoms with E-state index in [1.54, 1.807) is 17.0 Å². The van der Waals surface area contributed by atoms with Crippen LogP contribution in [-0.2, 0) is 11.3 Å². The highest BCUT2D eigenvalue weighted by molar-refractivity contribution is 7.22. The van der Waals surface area contributed by atoms with Gasteiger partial charge in [0.15, 0.2) is 16.6 Å². The maximum atomic E-state index is 13.5. The molecule has 0 saturated carbocycles. The van der Waals surface area contributed by atoms with Crippen LogP contribution in [0.15, 0.2) is 72.8 Å². The molecule has 1 aromatic heterocycles. The van der Waals surface area contributed by atoms with Gasteiger partial charge in [-0.25, -0.2) is 4.98 Å². The van der Waals surface area contributed by atoms with Crippen molar-refractivity contribution in [3.05, 3.63) is 83.4 Å². The maximum Gasteiger partial charge on any atom is 0.273 e. The van der Waals surface area contributed by atoms with Gasteiger partial charge in [0.2, 0.25) is 6.10 Å². The van der Waals surface area contributed by atoms with Gasteiger partial charge in [-0.2, -0.15) is 0 Å². The Kier molecular flexibility index (Phi) is 5.02. The van der Waals surface area contributed by atoms with Crippen molar-refractivity contribution in [2.45, 2.75) is 12.6 Å². The summed E-state index contributed by atoms with van der Waals surface area (Å²) in [6, 6.07) is 22.7. The molecule has 30 heavy (non-hydrogen) atoms. The van der Waals surface area contributed by atoms with Crippen LogP contribution in [0, 0.1) is 0 Å². The summed E-state index contributed by atoms with van der Waals surface area (Å²) in [5.41, 5.74) is 1.80. The number of amides is 1. The van der Waals surface area contributed by atoms with Gasteiger partial charge in [0.1, 0.15) is 6.61 Å². The van der Waals surface area contributed by atoms with E-state index in [4.69, 9.17) is 21.1 Å². The molecule has 1 aliphatic rings. The lowest BCUT2D eigenvalue weighted by Crippen LogP contribution is -2.46. The summed E-state index contributed by atoms with van der Waals surface area (Å²) < 4.78 is 12.7. The molecule has 4 aromatic rings. The highest BCUT2D eigenvalue weighted by atomic mass is 35.5. The first-order valence-electron chi connectivity index (χ1n) is 9.47. The number of fused-ring (bicyclic) bond motifs is 2. The lowest BCUT2D eigenvalue weighted by molar-refractivity contribution is -0.127. The zero-order chi connectivity index (χ0) is 20.5. The van der Waals surface area contributed by atoms with Gasteiger partial charge in [-0.1, -0.05) is 65.4 Å². The molecule has 2 heterocycles. The molecular weight excluding hydrogens is 420 g/mol. The molecule has 0 spiro atoms. The Hall–Kier alpha value is -3.09. The number of benzene rings is 3. The number of para-hydroxylation sites is 2. The first kappa shape index (κ1) is 18.9. The molecule has 0 aliphatic carbocycles. The number of ether oxygens (including phenoxy) is 2. The minimum Gasteiger partial charge on any atom is -0.485 e. The predicted octanol–water partition coefficient (Wildman–Crippen LogP) is 5.32. The van der Waals surface area contributed by atoms with Crippen LogP contribution in [0.4, 0.5) is 5.13 Å². The van der Waals surface area contributed by atoms with E-state index in [1.807, 2.05) is 60.7 Å². The zero-order valence-electron chi connectivity index (χ0n) is 15.8. The molecular formula is C23H17ClN2O3S. The molecule has 3 aromatic carbocycles. The standard InChI is InChI=1S/C23H17ClN2O3S/c24-16-10-11-17-21(12-16)30-23(25-17)26(13-15-6-2-1-3-7-15)22(27)20-14-28-18-8-4-5-9-19(18)29-20/h1-12,20H,13-14H2. The van der Waals surface area contributed by atoms with E-state index < -0.39 is 6.10 Å². The van der Waals surface area contributed by atoms with Crippen LogP contribution in [0.25, 0.3) is 10.2 Å². The van der Waals surface area contributed by atoms with Crippen LogP contribution in [0.1, 0.15) is 5.56 Å². The number of hydrogen-bond donors (Lipinski definition) is 0. The number of nitrogens with zero attached hydrogens (tertiary/aromatic N) is 2. The van der Waals surface area contributed by atoms with Crippen molar-refractivity contribution in [3.63, 3.8) is 0 Å². The van der Waals surface area contributed by atoms with Gasteiger partial charge in [0, 0.05) is 5.02 Å². The molecule has 0 bridgehead atoms. The fraction of sp³-hybridized carbons (Fsp3) is 0.130. The van der Waals surface area contributed by atoms with Crippen molar-refractivity contribution in [1.29, 1.82) is 0 Å². The van der Waals surface area contributed by atoms with Gasteiger partial charge in [-0.3, -0.25) is 9.69 Å². The van der Waals surface area contributed by atoms with Crippen molar-refractivity contribution >= 4 is 44.2 Å². The first-order valence-corrected chi connectivity index (χ1v) is 10.7. The quantitative estimate of drug-likeness (QED) is 0.434. The third kappa shape index (κ3) is 3.72. The van der Waals surface area contributed by atoms with Gasteiger partial charge in [-0.05, 0) is 35.9 Å². The lowest BCUT2D eigenvalue weighted by Gasteiger charge is -2.29. The summed E-state index contributed by atoms with van der Waals surface area (Å²) in [6.45, 7) is 0.534. The normalized spacial score (nSPS) is 15.2. The van der Waals surface area contributed by atoms with E-state index in [2.05, 4.69) is 4.98 Å². The number of carbonyl (C=O) groups excluding carboxylic acids is 1. The fourth-order valence-corrected chi connectivity index (χ4v) is 4.57. The summed E-state index contributed by atoms with van der Waals surface area (Å²) in [4.78, 5) is 19.9. The number of carbonyl (C=O) groups is 1. The molecule has 5 rings (SSSR count). The van der Waals surface area contributed by atoms with Crippen molar-refractivity contribution in [2.75, 3.05) is 11.5 Å². The Labute approximate surface area is 182 Å². The monoisotopic (exact) mass is 436 g/mol. The molecule has 0 radical (unpaired) electrons. The molecule has 1 aliphatic heterocycles. The van der Waals surface area contributed by atoms with Crippen molar-refractivity contribution in [2.24, 2.45) is 0 Å². The highest BCUT2D eigenvalue weighted by Gasteiger charge is 2.33. The molecule has 1 unspecified atom stereocenters. The van der Waals surface area contributed by atoms with Crippen molar-refractivity contribution in [3.8, 4) is 11.5 Å². The second-order valence-corrected chi connectivity index (χ2v) is 8.33. The van der Waals surface area contributed by atoms with Gasteiger partial charge < -0.3 is 9.47 Å². The summed E-state index contributed by atoms with van der Waals surface area (Å²) in [7, 11) is 0. The minimum absolute atomic E-state index is 0.151. The topological polar surface area (TPSA) is 51.7 Å². The Morgan fingerprint density at radius 2 is 1.83 bits per heavy atom. The Balaban J connectivity index is 1.49. The Morgan fingerprint density at radius 1 is 1.07 bits per heavy atom. The molecule has 0 N–H and O–H groups in total. The molecule has 7 heteroatoms. The first-order chi connectivity index (χ1) is 14.7. The number of rotatable bonds is 4. The second-order valence-electron chi connectivity index (χ2n) is 6.88. The lowest BCUT2D eigenvalue weighted by atomic mass is 10.2. The van der Waals surface area contributed by atoms with E-state index in [0.29, 0.717) is 28.2 Å². The maximum absolute atomic E-state index is 13.5. The summed E-state index contributed by atoms with van der Waals surface area (Å²) in [6.07, 6.45) is -0.751. The number of anilines is 1. The summed E-state index contributed by atoms with van der Waals surface area (Å²) in [5.74, 6) is 1.02. The van der Waals surface area contributed by atoms with Crippen molar-refractivity contribution < 1.29 is 14.3 Å². The molecule has 1 amide bonds. The average Bonchev–Trinajstić information content (AvgIpc) is 3.20. The van der Waals surface area contributed by atoms with E-state index >= 15 is 0 Å². The van der Waals surface area contributed by atoms with Gasteiger partial charge in [0.05, 0.1) is 16.8 Å². The molecule has 5 nitrogen and oxygen atoms in total. The zero-order valence-corrected chi connectivity index (χ0v) is 17.4. The average molecular weight is 437 g/mol. The number of aromatic nitrogens is 1. The summed E-state index contributed by atoms with van der Waals surface area (Å²) in [5, 5.41) is 1.24. The van der Waals surface area contributed by atoms with Gasteiger partial charge >= 0.3 is 0 Å². The van der Waals surface area contributed by atoms with Crippen LogP contribution in [-0.4, -0.2) is 23.6 Å². The molecule has 0 fully saturated rings. The predicted molar refractivity (Wildman–Crippen MR) is 119 cm³/mol. The SMILES string of the molecule is O=C(C1COc2ccccc2O1)N(Cc1ccccc1)c1nc2ccc(Cl)cc2s1. The van der Waals surface area contributed by atoms with Gasteiger partial charge in [0.25, 0.3) is 5.91 Å². The third-order valence-corrected chi connectivity index (χ3v) is 6.08. The van der Waals surface area contributed by atoms with E-state index in [9.17, 15) is 4.79 Å². The van der Waals surface area contributed by atoms with Crippen LogP contribution in [0.2, 0.25) is 5.02 Å². The fourth-order valence-electron chi connectivity index (χ4n) is 3.32. The van der Waals surface area contributed by atoms with E-state index in [0.717, 1.165) is 15.8 Å². The van der Waals surface area contributed by atoms with Crippen LogP contribution < -0.4 is 14.4 Å². The second kappa shape index (κ2) is 7.97.